The van der Waals surface area contributed by atoms with Crippen LogP contribution in [0, 0.1) is 40.8 Å². The van der Waals surface area contributed by atoms with E-state index in [9.17, 15) is 4.39 Å². The van der Waals surface area contributed by atoms with Gasteiger partial charge in [0.05, 0.1) is 11.6 Å². The Hall–Kier alpha value is -1.56. The number of ether oxygens (including phenoxy) is 1. The van der Waals surface area contributed by atoms with Crippen LogP contribution in [0.15, 0.2) is 18.2 Å². The largest absolute Gasteiger partial charge is 0.487 e. The normalized spacial score (nSPS) is 37.7. The van der Waals surface area contributed by atoms with E-state index < -0.39 is 5.82 Å². The first-order chi connectivity index (χ1) is 9.72. The lowest BCUT2D eigenvalue weighted by atomic mass is 9.55. The molecule has 1 aromatic rings. The van der Waals surface area contributed by atoms with Crippen LogP contribution >= 0.6 is 0 Å². The predicted octanol–water partition coefficient (Wildman–Crippen LogP) is 3.90. The van der Waals surface area contributed by atoms with Crippen molar-refractivity contribution in [3.63, 3.8) is 0 Å². The fourth-order valence-electron chi connectivity index (χ4n) is 4.88. The van der Waals surface area contributed by atoms with E-state index in [1.165, 1.54) is 38.2 Å². The molecule has 4 aliphatic carbocycles. The summed E-state index contributed by atoms with van der Waals surface area (Å²) >= 11 is 0. The van der Waals surface area contributed by atoms with E-state index in [2.05, 4.69) is 0 Å². The van der Waals surface area contributed by atoms with E-state index in [0.29, 0.717) is 23.1 Å². The summed E-state index contributed by atoms with van der Waals surface area (Å²) in [6.45, 7) is 0. The maximum atomic E-state index is 14.0. The van der Waals surface area contributed by atoms with Crippen LogP contribution in [0.25, 0.3) is 0 Å². The van der Waals surface area contributed by atoms with Gasteiger partial charge in [0.25, 0.3) is 0 Å². The third-order valence-electron chi connectivity index (χ3n) is 5.46. The average Bonchev–Trinajstić information content (AvgIpc) is 2.43. The fourth-order valence-corrected chi connectivity index (χ4v) is 4.88. The number of benzene rings is 1. The lowest BCUT2D eigenvalue weighted by molar-refractivity contribution is -0.0800. The van der Waals surface area contributed by atoms with Crippen LogP contribution in [0.2, 0.25) is 0 Å². The van der Waals surface area contributed by atoms with E-state index in [1.807, 2.05) is 6.07 Å². The first kappa shape index (κ1) is 12.2. The molecule has 0 aromatic heterocycles. The zero-order valence-corrected chi connectivity index (χ0v) is 11.4. The Balaban J connectivity index is 1.56. The fraction of sp³-hybridized carbons (Fsp3) is 0.588. The molecule has 20 heavy (non-hydrogen) atoms. The highest BCUT2D eigenvalue weighted by Crippen LogP contribution is 2.54. The van der Waals surface area contributed by atoms with Gasteiger partial charge in [0.1, 0.15) is 6.10 Å². The van der Waals surface area contributed by atoms with Crippen LogP contribution in [0.1, 0.15) is 37.7 Å². The summed E-state index contributed by atoms with van der Waals surface area (Å²) in [5.74, 6) is 2.92. The van der Waals surface area contributed by atoms with Gasteiger partial charge in [-0.1, -0.05) is 0 Å². The van der Waals surface area contributed by atoms with Crippen molar-refractivity contribution in [1.29, 1.82) is 5.26 Å². The molecule has 0 amide bonds. The van der Waals surface area contributed by atoms with Gasteiger partial charge < -0.3 is 4.74 Å². The topological polar surface area (TPSA) is 33.0 Å². The standard InChI is InChI=1S/C17H18FNO/c18-15-8-10(9-19)1-2-16(15)20-17-13-4-11-3-12(6-13)7-14(17)5-11/h1-2,8,11-14,17H,3-7H2. The molecule has 1 aromatic carbocycles. The Morgan fingerprint density at radius 3 is 2.25 bits per heavy atom. The first-order valence-corrected chi connectivity index (χ1v) is 7.59. The second kappa shape index (κ2) is 4.48. The lowest BCUT2D eigenvalue weighted by Gasteiger charge is -2.53. The number of nitrogens with zero attached hydrogens (tertiary/aromatic N) is 1. The monoisotopic (exact) mass is 271 g/mol. The molecule has 0 radical (unpaired) electrons. The molecule has 104 valence electrons. The first-order valence-electron chi connectivity index (χ1n) is 7.59. The minimum Gasteiger partial charge on any atom is -0.487 e. The summed E-state index contributed by atoms with van der Waals surface area (Å²) in [6.07, 6.45) is 6.63. The lowest BCUT2D eigenvalue weighted by Crippen LogP contribution is -2.50. The summed E-state index contributed by atoms with van der Waals surface area (Å²) in [5.41, 5.74) is 0.347. The molecule has 4 bridgehead atoms. The van der Waals surface area contributed by atoms with Gasteiger partial charge in [0.15, 0.2) is 11.6 Å². The molecule has 4 aliphatic rings. The number of nitriles is 1. The summed E-state index contributed by atoms with van der Waals surface area (Å²) in [5, 5.41) is 8.78. The average molecular weight is 271 g/mol. The number of hydrogen-bond acceptors (Lipinski definition) is 2. The zero-order valence-electron chi connectivity index (χ0n) is 11.4. The third-order valence-corrected chi connectivity index (χ3v) is 5.46. The molecule has 0 aliphatic heterocycles. The van der Waals surface area contributed by atoms with E-state index in [-0.39, 0.29) is 6.10 Å². The van der Waals surface area contributed by atoms with Gasteiger partial charge in [-0.15, -0.1) is 0 Å². The van der Waals surface area contributed by atoms with Gasteiger partial charge in [-0.3, -0.25) is 0 Å². The van der Waals surface area contributed by atoms with Crippen molar-refractivity contribution in [1.82, 2.24) is 0 Å². The summed E-state index contributed by atoms with van der Waals surface area (Å²) in [4.78, 5) is 0. The Labute approximate surface area is 118 Å². The van der Waals surface area contributed by atoms with Crippen molar-refractivity contribution in [3.8, 4) is 11.8 Å². The van der Waals surface area contributed by atoms with Crippen molar-refractivity contribution >= 4 is 0 Å². The Bertz CT molecular complexity index is 549. The molecule has 0 heterocycles. The van der Waals surface area contributed by atoms with Crippen LogP contribution in [-0.2, 0) is 0 Å². The SMILES string of the molecule is N#Cc1ccc(OC2C3CC4CC(C3)CC2C4)c(F)c1. The van der Waals surface area contributed by atoms with E-state index in [1.54, 1.807) is 12.1 Å². The van der Waals surface area contributed by atoms with Gasteiger partial charge in [-0.25, -0.2) is 4.39 Å². The molecular weight excluding hydrogens is 253 g/mol. The molecule has 5 rings (SSSR count). The summed E-state index contributed by atoms with van der Waals surface area (Å²) in [7, 11) is 0. The molecular formula is C17H18FNO. The maximum Gasteiger partial charge on any atom is 0.166 e. The number of halogens is 1. The summed E-state index contributed by atoms with van der Waals surface area (Å²) in [6, 6.07) is 6.47. The Morgan fingerprint density at radius 2 is 1.70 bits per heavy atom. The van der Waals surface area contributed by atoms with Gasteiger partial charge in [0, 0.05) is 0 Å². The number of rotatable bonds is 2. The van der Waals surface area contributed by atoms with Gasteiger partial charge >= 0.3 is 0 Å². The van der Waals surface area contributed by atoms with E-state index in [4.69, 9.17) is 10.00 Å². The predicted molar refractivity (Wildman–Crippen MR) is 72.6 cm³/mol. The van der Waals surface area contributed by atoms with Gasteiger partial charge in [-0.05, 0) is 74.0 Å². The second-order valence-electron chi connectivity index (χ2n) is 6.77. The van der Waals surface area contributed by atoms with Crippen LogP contribution in [0.4, 0.5) is 4.39 Å². The third kappa shape index (κ3) is 1.90. The highest BCUT2D eigenvalue weighted by atomic mass is 19.1. The zero-order chi connectivity index (χ0) is 13.7. The summed E-state index contributed by atoms with van der Waals surface area (Å²) < 4.78 is 20.0. The smallest absolute Gasteiger partial charge is 0.166 e. The minimum atomic E-state index is -0.405. The van der Waals surface area contributed by atoms with Crippen LogP contribution in [-0.4, -0.2) is 6.10 Å². The molecule has 0 N–H and O–H groups in total. The van der Waals surface area contributed by atoms with Crippen LogP contribution < -0.4 is 4.74 Å². The molecule has 2 nitrogen and oxygen atoms in total. The van der Waals surface area contributed by atoms with E-state index >= 15 is 0 Å². The van der Waals surface area contributed by atoms with Gasteiger partial charge in [0.2, 0.25) is 0 Å². The molecule has 0 atom stereocenters. The molecule has 0 saturated heterocycles. The highest BCUT2D eigenvalue weighted by molar-refractivity contribution is 5.36. The van der Waals surface area contributed by atoms with Crippen molar-refractivity contribution in [2.45, 2.75) is 38.2 Å². The van der Waals surface area contributed by atoms with Gasteiger partial charge in [-0.2, -0.15) is 5.26 Å². The number of hydrogen-bond donors (Lipinski definition) is 0. The Morgan fingerprint density at radius 1 is 1.05 bits per heavy atom. The maximum absolute atomic E-state index is 14.0. The second-order valence-corrected chi connectivity index (χ2v) is 6.77. The van der Waals surface area contributed by atoms with Crippen LogP contribution in [0.5, 0.6) is 5.75 Å². The highest BCUT2D eigenvalue weighted by Gasteiger charge is 2.49. The van der Waals surface area contributed by atoms with Crippen LogP contribution in [0.3, 0.4) is 0 Å². The Kier molecular flexibility index (Phi) is 2.73. The molecule has 0 unspecified atom stereocenters. The molecule has 3 heteroatoms. The van der Waals surface area contributed by atoms with Crippen molar-refractivity contribution in [3.05, 3.63) is 29.6 Å². The minimum absolute atomic E-state index is 0.185. The quantitative estimate of drug-likeness (QED) is 0.817. The molecule has 4 saturated carbocycles. The van der Waals surface area contributed by atoms with E-state index in [0.717, 1.165) is 11.8 Å². The van der Waals surface area contributed by atoms with Crippen molar-refractivity contribution in [2.24, 2.45) is 23.7 Å². The molecule has 0 spiro atoms. The van der Waals surface area contributed by atoms with Crippen molar-refractivity contribution in [2.75, 3.05) is 0 Å². The molecule has 4 fully saturated rings. The van der Waals surface area contributed by atoms with Crippen molar-refractivity contribution < 1.29 is 9.13 Å².